The molecule has 0 aliphatic heterocycles. The second-order valence-corrected chi connectivity index (χ2v) is 10.3. The third-order valence-corrected chi connectivity index (χ3v) is 4.91. The van der Waals surface area contributed by atoms with E-state index in [9.17, 15) is 14.4 Å². The summed E-state index contributed by atoms with van der Waals surface area (Å²) < 4.78 is 17.7. The lowest BCUT2D eigenvalue weighted by Crippen LogP contribution is -2.44. The Bertz CT molecular complexity index is 1230. The minimum absolute atomic E-state index is 0.0954. The average molecular weight is 508 g/mol. The largest absolute Gasteiger partial charge is 0.464 e. The summed E-state index contributed by atoms with van der Waals surface area (Å²) in [6, 6.07) is 18.6. The molecule has 0 saturated carbocycles. The van der Waals surface area contributed by atoms with Gasteiger partial charge < -0.3 is 18.8 Å². The Morgan fingerprint density at radius 3 is 1.76 bits per heavy atom. The summed E-state index contributed by atoms with van der Waals surface area (Å²) in [5.74, 6) is -0.667. The summed E-state index contributed by atoms with van der Waals surface area (Å²) in [6.45, 7) is 10.2. The first-order valence-electron chi connectivity index (χ1n) is 11.8. The number of ether oxygens (including phenoxy) is 3. The highest BCUT2D eigenvalue weighted by Gasteiger charge is 2.39. The Kier molecular flexibility index (Phi) is 8.06. The predicted molar refractivity (Wildman–Crippen MR) is 139 cm³/mol. The maximum atomic E-state index is 13.4. The molecule has 0 saturated heterocycles. The molecule has 2 aromatic carbocycles. The number of amides is 2. The molecule has 0 radical (unpaired) electrons. The first-order valence-corrected chi connectivity index (χ1v) is 11.8. The van der Waals surface area contributed by atoms with Crippen molar-refractivity contribution in [2.24, 2.45) is 0 Å². The number of methoxy groups -OCH3 is 1. The van der Waals surface area contributed by atoms with Gasteiger partial charge in [0.05, 0.1) is 7.11 Å². The molecule has 0 spiro atoms. The molecular formula is C28H33N3O6. The van der Waals surface area contributed by atoms with Crippen LogP contribution in [0.25, 0.3) is 11.4 Å². The number of anilines is 1. The van der Waals surface area contributed by atoms with Gasteiger partial charge >= 0.3 is 18.2 Å². The standard InChI is InChI=1S/C28H33N3O6/c1-27(2,3)36-25(33)31(26(34)37-28(4,5)6)23-21(24(32)35-7)30(18-19-14-10-8-11-15-19)22(29-23)20-16-12-9-13-17-20/h8-17H,18H2,1-7H3. The second kappa shape index (κ2) is 10.9. The van der Waals surface area contributed by atoms with Crippen LogP contribution in [-0.2, 0) is 20.8 Å². The summed E-state index contributed by atoms with van der Waals surface area (Å²) in [5, 5.41) is 0. The van der Waals surface area contributed by atoms with Crippen molar-refractivity contribution in [1.29, 1.82) is 0 Å². The molecule has 0 fully saturated rings. The summed E-state index contributed by atoms with van der Waals surface area (Å²) in [6.07, 6.45) is -2.06. The molecule has 1 heterocycles. The number of carbonyl (C=O) groups is 3. The van der Waals surface area contributed by atoms with E-state index in [0.717, 1.165) is 5.56 Å². The normalized spacial score (nSPS) is 11.5. The number of carbonyl (C=O) groups excluding carboxylic acids is 3. The van der Waals surface area contributed by atoms with Gasteiger partial charge in [-0.15, -0.1) is 0 Å². The molecule has 0 unspecified atom stereocenters. The number of esters is 1. The fourth-order valence-corrected chi connectivity index (χ4v) is 3.48. The number of aromatic nitrogens is 2. The van der Waals surface area contributed by atoms with Gasteiger partial charge in [-0.2, -0.15) is 4.90 Å². The number of hydrogen-bond acceptors (Lipinski definition) is 7. The van der Waals surface area contributed by atoms with Crippen LogP contribution in [0.15, 0.2) is 60.7 Å². The monoisotopic (exact) mass is 507 g/mol. The quantitative estimate of drug-likeness (QED) is 0.306. The van der Waals surface area contributed by atoms with E-state index < -0.39 is 29.4 Å². The van der Waals surface area contributed by atoms with Gasteiger partial charge in [0, 0.05) is 12.1 Å². The van der Waals surface area contributed by atoms with Gasteiger partial charge in [0.15, 0.2) is 11.5 Å². The molecule has 0 aliphatic carbocycles. The maximum absolute atomic E-state index is 13.4. The molecule has 3 aromatic rings. The summed E-state index contributed by atoms with van der Waals surface area (Å²) in [4.78, 5) is 45.2. The van der Waals surface area contributed by atoms with Gasteiger partial charge in [-0.25, -0.2) is 19.4 Å². The smallest absolute Gasteiger partial charge is 0.425 e. The minimum atomic E-state index is -1.03. The van der Waals surface area contributed by atoms with Crippen LogP contribution in [-0.4, -0.2) is 46.0 Å². The van der Waals surface area contributed by atoms with Gasteiger partial charge in [-0.3, -0.25) is 0 Å². The number of benzene rings is 2. The van der Waals surface area contributed by atoms with E-state index in [1.165, 1.54) is 7.11 Å². The SMILES string of the molecule is COC(=O)c1c(N(C(=O)OC(C)(C)C)C(=O)OC(C)(C)C)nc(-c2ccccc2)n1Cc1ccccc1. The molecule has 3 rings (SSSR count). The Hall–Kier alpha value is -4.14. The first-order chi connectivity index (χ1) is 17.3. The van der Waals surface area contributed by atoms with E-state index in [4.69, 9.17) is 14.2 Å². The Labute approximate surface area is 217 Å². The average Bonchev–Trinajstić information content (AvgIpc) is 3.16. The summed E-state index contributed by atoms with van der Waals surface area (Å²) in [7, 11) is 1.22. The predicted octanol–water partition coefficient (Wildman–Crippen LogP) is 6.06. The van der Waals surface area contributed by atoms with Crippen LogP contribution in [0.5, 0.6) is 0 Å². The van der Waals surface area contributed by atoms with Crippen molar-refractivity contribution in [3.63, 3.8) is 0 Å². The van der Waals surface area contributed by atoms with E-state index in [1.807, 2.05) is 60.7 Å². The number of nitrogens with zero attached hydrogens (tertiary/aromatic N) is 3. The highest BCUT2D eigenvalue weighted by molar-refractivity contribution is 6.12. The zero-order chi connectivity index (χ0) is 27.4. The zero-order valence-corrected chi connectivity index (χ0v) is 22.3. The van der Waals surface area contributed by atoms with Crippen LogP contribution in [0.3, 0.4) is 0 Å². The van der Waals surface area contributed by atoms with Crippen LogP contribution in [0.1, 0.15) is 57.6 Å². The highest BCUT2D eigenvalue weighted by atomic mass is 16.6. The van der Waals surface area contributed by atoms with Crippen molar-refractivity contribution in [3.05, 3.63) is 71.9 Å². The first kappa shape index (κ1) is 27.4. The van der Waals surface area contributed by atoms with Gasteiger partial charge in [-0.1, -0.05) is 60.7 Å². The van der Waals surface area contributed by atoms with E-state index >= 15 is 0 Å². The van der Waals surface area contributed by atoms with Gasteiger partial charge in [0.25, 0.3) is 0 Å². The highest BCUT2D eigenvalue weighted by Crippen LogP contribution is 2.32. The van der Waals surface area contributed by atoms with Crippen LogP contribution in [0, 0.1) is 0 Å². The summed E-state index contributed by atoms with van der Waals surface area (Å²) >= 11 is 0. The lowest BCUT2D eigenvalue weighted by Gasteiger charge is -2.28. The van der Waals surface area contributed by atoms with Crippen LogP contribution in [0.4, 0.5) is 15.4 Å². The lowest BCUT2D eigenvalue weighted by atomic mass is 10.2. The molecule has 9 nitrogen and oxygen atoms in total. The number of imide groups is 1. The molecule has 1 aromatic heterocycles. The third-order valence-electron chi connectivity index (χ3n) is 4.91. The molecule has 196 valence electrons. The molecule has 2 amide bonds. The van der Waals surface area contributed by atoms with Gasteiger partial charge in [0.2, 0.25) is 0 Å². The zero-order valence-electron chi connectivity index (χ0n) is 22.3. The van der Waals surface area contributed by atoms with Gasteiger partial charge in [0.1, 0.15) is 17.0 Å². The molecule has 0 atom stereocenters. The molecule has 0 N–H and O–H groups in total. The molecule has 0 aliphatic rings. The van der Waals surface area contributed by atoms with E-state index in [2.05, 4.69) is 4.98 Å². The van der Waals surface area contributed by atoms with Crippen molar-refractivity contribution in [2.45, 2.75) is 59.3 Å². The van der Waals surface area contributed by atoms with Crippen molar-refractivity contribution in [3.8, 4) is 11.4 Å². The Morgan fingerprint density at radius 2 is 1.30 bits per heavy atom. The maximum Gasteiger partial charge on any atom is 0.425 e. The third kappa shape index (κ3) is 6.97. The van der Waals surface area contributed by atoms with Crippen molar-refractivity contribution in [1.82, 2.24) is 9.55 Å². The van der Waals surface area contributed by atoms with Crippen LogP contribution >= 0.6 is 0 Å². The van der Waals surface area contributed by atoms with Crippen LogP contribution in [0.2, 0.25) is 0 Å². The minimum Gasteiger partial charge on any atom is -0.464 e. The Morgan fingerprint density at radius 1 is 0.811 bits per heavy atom. The lowest BCUT2D eigenvalue weighted by molar-refractivity contribution is 0.0429. The van der Waals surface area contributed by atoms with E-state index in [1.54, 1.807) is 46.1 Å². The number of hydrogen-bond donors (Lipinski definition) is 0. The second-order valence-electron chi connectivity index (χ2n) is 10.3. The fourth-order valence-electron chi connectivity index (χ4n) is 3.48. The molecule has 0 bridgehead atoms. The number of rotatable bonds is 5. The molecule has 37 heavy (non-hydrogen) atoms. The summed E-state index contributed by atoms with van der Waals surface area (Å²) in [5.41, 5.74) is -0.421. The van der Waals surface area contributed by atoms with Crippen LogP contribution < -0.4 is 4.90 Å². The molecule has 9 heteroatoms. The van der Waals surface area contributed by atoms with E-state index in [0.29, 0.717) is 16.3 Å². The number of imidazole rings is 1. The Balaban J connectivity index is 2.31. The van der Waals surface area contributed by atoms with Gasteiger partial charge in [-0.05, 0) is 47.1 Å². The topological polar surface area (TPSA) is 100.0 Å². The molecular weight excluding hydrogens is 474 g/mol. The van der Waals surface area contributed by atoms with E-state index in [-0.39, 0.29) is 18.1 Å². The van der Waals surface area contributed by atoms with Crippen molar-refractivity contribution in [2.75, 3.05) is 12.0 Å². The van der Waals surface area contributed by atoms with Crippen molar-refractivity contribution < 1.29 is 28.6 Å². The van der Waals surface area contributed by atoms with Crippen molar-refractivity contribution >= 4 is 24.0 Å². The fraction of sp³-hybridized carbons (Fsp3) is 0.357.